The van der Waals surface area contributed by atoms with Crippen molar-refractivity contribution in [3.63, 3.8) is 0 Å². The number of para-hydroxylation sites is 1. The van der Waals surface area contributed by atoms with Crippen LogP contribution in [0.3, 0.4) is 0 Å². The van der Waals surface area contributed by atoms with E-state index in [4.69, 9.17) is 16.0 Å². The Kier molecular flexibility index (Phi) is 1.81. The number of halogens is 1. The summed E-state index contributed by atoms with van der Waals surface area (Å²) < 4.78 is 5.17. The maximum absolute atomic E-state index is 10.9. The molecular formula is C9H6ClNO2. The van der Waals surface area contributed by atoms with Crippen molar-refractivity contribution in [2.45, 2.75) is 6.92 Å². The zero-order valence-electron chi connectivity index (χ0n) is 6.87. The SMILES string of the molecule is CC(=O)c1nc2cccc(Cl)c2o1. The van der Waals surface area contributed by atoms with Gasteiger partial charge in [0.1, 0.15) is 5.52 Å². The van der Waals surface area contributed by atoms with Crippen LogP contribution in [0.25, 0.3) is 11.1 Å². The number of rotatable bonds is 1. The lowest BCUT2D eigenvalue weighted by molar-refractivity contribution is 0.0983. The second-order valence-electron chi connectivity index (χ2n) is 2.66. The van der Waals surface area contributed by atoms with E-state index in [-0.39, 0.29) is 11.7 Å². The van der Waals surface area contributed by atoms with Crippen molar-refractivity contribution in [2.75, 3.05) is 0 Å². The Morgan fingerprint density at radius 1 is 1.54 bits per heavy atom. The average molecular weight is 196 g/mol. The molecule has 0 saturated heterocycles. The second-order valence-corrected chi connectivity index (χ2v) is 3.07. The van der Waals surface area contributed by atoms with E-state index in [9.17, 15) is 4.79 Å². The lowest BCUT2D eigenvalue weighted by Gasteiger charge is -1.87. The van der Waals surface area contributed by atoms with Crippen LogP contribution in [-0.4, -0.2) is 10.8 Å². The van der Waals surface area contributed by atoms with E-state index in [1.54, 1.807) is 18.2 Å². The molecule has 0 N–H and O–H groups in total. The first kappa shape index (κ1) is 8.26. The van der Waals surface area contributed by atoms with Gasteiger partial charge >= 0.3 is 0 Å². The molecule has 2 rings (SSSR count). The fourth-order valence-electron chi connectivity index (χ4n) is 1.07. The predicted molar refractivity (Wildman–Crippen MR) is 49.0 cm³/mol. The Morgan fingerprint density at radius 3 is 2.92 bits per heavy atom. The first-order chi connectivity index (χ1) is 6.18. The molecule has 0 aliphatic heterocycles. The van der Waals surface area contributed by atoms with E-state index in [1.165, 1.54) is 6.92 Å². The largest absolute Gasteiger partial charge is 0.432 e. The van der Waals surface area contributed by atoms with Crippen LogP contribution in [0.4, 0.5) is 0 Å². The molecule has 1 aromatic heterocycles. The van der Waals surface area contributed by atoms with Gasteiger partial charge in [-0.1, -0.05) is 17.7 Å². The first-order valence-corrected chi connectivity index (χ1v) is 4.12. The number of oxazole rings is 1. The molecule has 2 aromatic rings. The standard InChI is InChI=1S/C9H6ClNO2/c1-5(12)9-11-7-4-2-3-6(10)8(7)13-9/h2-4H,1H3. The summed E-state index contributed by atoms with van der Waals surface area (Å²) in [7, 11) is 0. The summed E-state index contributed by atoms with van der Waals surface area (Å²) in [6.45, 7) is 1.40. The molecule has 0 unspecified atom stereocenters. The Labute approximate surface area is 79.3 Å². The highest BCUT2D eigenvalue weighted by Gasteiger charge is 2.11. The van der Waals surface area contributed by atoms with Gasteiger partial charge in [0.05, 0.1) is 5.02 Å². The fraction of sp³-hybridized carbons (Fsp3) is 0.111. The Balaban J connectivity index is 2.75. The van der Waals surface area contributed by atoms with Gasteiger partial charge in [-0.15, -0.1) is 0 Å². The molecule has 0 bridgehead atoms. The van der Waals surface area contributed by atoms with E-state index < -0.39 is 0 Å². The fourth-order valence-corrected chi connectivity index (χ4v) is 1.27. The van der Waals surface area contributed by atoms with E-state index in [2.05, 4.69) is 4.98 Å². The van der Waals surface area contributed by atoms with E-state index in [0.717, 1.165) is 0 Å². The van der Waals surface area contributed by atoms with Crippen molar-refractivity contribution in [2.24, 2.45) is 0 Å². The Hall–Kier alpha value is -1.35. The number of hydrogen-bond acceptors (Lipinski definition) is 3. The minimum absolute atomic E-state index is 0.100. The summed E-state index contributed by atoms with van der Waals surface area (Å²) in [5.41, 5.74) is 1.08. The van der Waals surface area contributed by atoms with E-state index >= 15 is 0 Å². The van der Waals surface area contributed by atoms with Gasteiger partial charge in [0, 0.05) is 6.92 Å². The number of carbonyl (C=O) groups is 1. The highest BCUT2D eigenvalue weighted by molar-refractivity contribution is 6.34. The van der Waals surface area contributed by atoms with Crippen LogP contribution < -0.4 is 0 Å². The molecule has 4 heteroatoms. The quantitative estimate of drug-likeness (QED) is 0.657. The minimum atomic E-state index is -0.202. The number of aromatic nitrogens is 1. The molecule has 0 fully saturated rings. The molecule has 0 amide bonds. The Bertz CT molecular complexity index is 475. The zero-order chi connectivity index (χ0) is 9.42. The lowest BCUT2D eigenvalue weighted by atomic mass is 10.3. The van der Waals surface area contributed by atoms with Gasteiger partial charge in [-0.3, -0.25) is 4.79 Å². The van der Waals surface area contributed by atoms with Crippen molar-refractivity contribution in [3.05, 3.63) is 29.1 Å². The van der Waals surface area contributed by atoms with Crippen molar-refractivity contribution < 1.29 is 9.21 Å². The van der Waals surface area contributed by atoms with Crippen molar-refractivity contribution in [1.29, 1.82) is 0 Å². The summed E-state index contributed by atoms with van der Waals surface area (Å²) in [5, 5.41) is 0.470. The summed E-state index contributed by atoms with van der Waals surface area (Å²) in [5.74, 6) is -0.102. The van der Waals surface area contributed by atoms with Crippen molar-refractivity contribution >= 4 is 28.5 Å². The number of fused-ring (bicyclic) bond motifs is 1. The third kappa shape index (κ3) is 1.31. The first-order valence-electron chi connectivity index (χ1n) is 3.74. The zero-order valence-corrected chi connectivity index (χ0v) is 7.63. The van der Waals surface area contributed by atoms with Crippen LogP contribution in [0.2, 0.25) is 5.02 Å². The van der Waals surface area contributed by atoms with Gasteiger partial charge in [-0.05, 0) is 12.1 Å². The monoisotopic (exact) mass is 195 g/mol. The molecule has 13 heavy (non-hydrogen) atoms. The molecule has 3 nitrogen and oxygen atoms in total. The number of carbonyl (C=O) groups excluding carboxylic acids is 1. The van der Waals surface area contributed by atoms with Gasteiger partial charge in [-0.2, -0.15) is 0 Å². The maximum atomic E-state index is 10.9. The summed E-state index contributed by atoms with van der Waals surface area (Å²) >= 11 is 5.83. The maximum Gasteiger partial charge on any atom is 0.263 e. The number of ketones is 1. The third-order valence-electron chi connectivity index (χ3n) is 1.67. The molecule has 0 saturated carbocycles. The highest BCUT2D eigenvalue weighted by atomic mass is 35.5. The van der Waals surface area contributed by atoms with E-state index in [0.29, 0.717) is 16.1 Å². The van der Waals surface area contributed by atoms with Gasteiger partial charge in [-0.25, -0.2) is 4.98 Å². The molecule has 0 spiro atoms. The molecule has 0 aliphatic carbocycles. The summed E-state index contributed by atoms with van der Waals surface area (Å²) in [6.07, 6.45) is 0. The van der Waals surface area contributed by atoms with Gasteiger partial charge in [0.2, 0.25) is 5.78 Å². The van der Waals surface area contributed by atoms with Gasteiger partial charge < -0.3 is 4.42 Å². The Morgan fingerprint density at radius 2 is 2.31 bits per heavy atom. The highest BCUT2D eigenvalue weighted by Crippen LogP contribution is 2.23. The van der Waals surface area contributed by atoms with Crippen LogP contribution >= 0.6 is 11.6 Å². The average Bonchev–Trinajstić information content (AvgIpc) is 2.49. The minimum Gasteiger partial charge on any atom is -0.432 e. The molecule has 1 heterocycles. The van der Waals surface area contributed by atoms with Crippen LogP contribution in [0, 0.1) is 0 Å². The smallest absolute Gasteiger partial charge is 0.263 e. The number of Topliss-reactive ketones (excluding diaryl/α,β-unsaturated/α-hetero) is 1. The van der Waals surface area contributed by atoms with Crippen LogP contribution in [0.5, 0.6) is 0 Å². The van der Waals surface area contributed by atoms with Gasteiger partial charge in [0.15, 0.2) is 5.58 Å². The van der Waals surface area contributed by atoms with Crippen LogP contribution in [-0.2, 0) is 0 Å². The topological polar surface area (TPSA) is 43.1 Å². The summed E-state index contributed by atoms with van der Waals surface area (Å²) in [6, 6.07) is 5.20. The molecule has 0 atom stereocenters. The third-order valence-corrected chi connectivity index (χ3v) is 1.97. The number of benzene rings is 1. The molecule has 0 radical (unpaired) electrons. The van der Waals surface area contributed by atoms with Crippen molar-refractivity contribution in [3.8, 4) is 0 Å². The second kappa shape index (κ2) is 2.85. The van der Waals surface area contributed by atoms with Gasteiger partial charge in [0.25, 0.3) is 5.89 Å². The van der Waals surface area contributed by atoms with Crippen LogP contribution in [0.1, 0.15) is 17.6 Å². The molecular weight excluding hydrogens is 190 g/mol. The molecule has 66 valence electrons. The number of hydrogen-bond donors (Lipinski definition) is 0. The normalized spacial score (nSPS) is 10.6. The lowest BCUT2D eigenvalue weighted by Crippen LogP contribution is -1.89. The van der Waals surface area contributed by atoms with Crippen molar-refractivity contribution in [1.82, 2.24) is 4.98 Å². The van der Waals surface area contributed by atoms with Crippen LogP contribution in [0.15, 0.2) is 22.6 Å². The summed E-state index contributed by atoms with van der Waals surface area (Å²) in [4.78, 5) is 14.9. The molecule has 0 aliphatic rings. The predicted octanol–water partition coefficient (Wildman–Crippen LogP) is 2.68. The number of nitrogens with zero attached hydrogens (tertiary/aromatic N) is 1. The molecule has 1 aromatic carbocycles. The van der Waals surface area contributed by atoms with E-state index in [1.807, 2.05) is 0 Å².